The van der Waals surface area contributed by atoms with Crippen LogP contribution in [0, 0.1) is 34.5 Å². The highest BCUT2D eigenvalue weighted by Crippen LogP contribution is 2.68. The molecule has 4 fully saturated rings. The summed E-state index contributed by atoms with van der Waals surface area (Å²) in [5, 5.41) is 11.3. The maximum absolute atomic E-state index is 13.4. The topological polar surface area (TPSA) is 54.4 Å². The number of hydrogen-bond donors (Lipinski definition) is 1. The van der Waals surface area contributed by atoms with Crippen LogP contribution in [0.25, 0.3) is 0 Å². The lowest BCUT2D eigenvalue weighted by Crippen LogP contribution is -2.61. The predicted molar refractivity (Wildman–Crippen MR) is 96.9 cm³/mol. The average Bonchev–Trinajstić information content (AvgIpc) is 2.75. The first-order chi connectivity index (χ1) is 11.7. The van der Waals surface area contributed by atoms with Crippen LogP contribution in [-0.4, -0.2) is 22.3 Å². The molecule has 138 valence electrons. The van der Waals surface area contributed by atoms with Gasteiger partial charge in [-0.2, -0.15) is 0 Å². The standard InChI is InChI=1S/C22H32O3/c1-13-11-17-16-9-8-15-7-5-6-10-20(15,3)19(16)18(24)12-21(17,4)22(13,25)14(2)23/h15-17,19,25H,1,5-12H2,2-4H3/t15?,16-,17-,19+,20-,21-,22-/m0/s1. The molecule has 4 saturated carbocycles. The van der Waals surface area contributed by atoms with Gasteiger partial charge in [0.1, 0.15) is 11.4 Å². The Morgan fingerprint density at radius 2 is 1.92 bits per heavy atom. The molecule has 3 nitrogen and oxygen atoms in total. The molecule has 4 aliphatic rings. The fraction of sp³-hybridized carbons (Fsp3) is 0.818. The summed E-state index contributed by atoms with van der Waals surface area (Å²) in [6, 6.07) is 0. The molecule has 7 atom stereocenters. The van der Waals surface area contributed by atoms with Crippen LogP contribution >= 0.6 is 0 Å². The Balaban J connectivity index is 1.77. The van der Waals surface area contributed by atoms with Gasteiger partial charge in [0.2, 0.25) is 0 Å². The zero-order chi connectivity index (χ0) is 18.2. The maximum atomic E-state index is 13.4. The highest BCUT2D eigenvalue weighted by atomic mass is 16.3. The van der Waals surface area contributed by atoms with Crippen molar-refractivity contribution in [2.45, 2.75) is 77.7 Å². The van der Waals surface area contributed by atoms with Crippen LogP contribution in [0.1, 0.15) is 72.1 Å². The molecular formula is C22H32O3. The number of carbonyl (C=O) groups is 2. The number of fused-ring (bicyclic) bond motifs is 5. The van der Waals surface area contributed by atoms with E-state index in [0.29, 0.717) is 36.0 Å². The lowest BCUT2D eigenvalue weighted by atomic mass is 9.44. The third-order valence-electron chi connectivity index (χ3n) is 8.98. The van der Waals surface area contributed by atoms with Gasteiger partial charge in [0.15, 0.2) is 5.78 Å². The second-order valence-corrected chi connectivity index (χ2v) is 9.91. The van der Waals surface area contributed by atoms with E-state index in [1.165, 1.54) is 32.6 Å². The zero-order valence-electron chi connectivity index (χ0n) is 15.9. The van der Waals surface area contributed by atoms with E-state index >= 15 is 0 Å². The molecule has 1 unspecified atom stereocenters. The molecule has 25 heavy (non-hydrogen) atoms. The van der Waals surface area contributed by atoms with Crippen molar-refractivity contribution in [3.63, 3.8) is 0 Å². The summed E-state index contributed by atoms with van der Waals surface area (Å²) < 4.78 is 0. The van der Waals surface area contributed by atoms with E-state index in [9.17, 15) is 14.7 Å². The highest BCUT2D eigenvalue weighted by Gasteiger charge is 2.69. The average molecular weight is 344 g/mol. The zero-order valence-corrected chi connectivity index (χ0v) is 15.9. The number of Topliss-reactive ketones (excluding diaryl/α,β-unsaturated/α-hetero) is 2. The van der Waals surface area contributed by atoms with Crippen LogP contribution in [0.2, 0.25) is 0 Å². The Hall–Kier alpha value is -0.960. The molecule has 0 amide bonds. The molecule has 0 aromatic rings. The fourth-order valence-electron chi connectivity index (χ4n) is 7.72. The van der Waals surface area contributed by atoms with Crippen LogP contribution in [0.5, 0.6) is 0 Å². The highest BCUT2D eigenvalue weighted by molar-refractivity contribution is 5.93. The van der Waals surface area contributed by atoms with E-state index in [1.54, 1.807) is 0 Å². The normalized spacial score (nSPS) is 52.3. The molecule has 0 spiro atoms. The molecule has 4 rings (SSSR count). The summed E-state index contributed by atoms with van der Waals surface area (Å²) in [6.45, 7) is 9.86. The SMILES string of the molecule is C=C1C[C@H]2[C@@H]3CCC4CCCC[C@]4(C)[C@H]3C(=O)C[C@]2(C)[C@@]1(O)C(C)=O. The van der Waals surface area contributed by atoms with Crippen LogP contribution in [0.15, 0.2) is 12.2 Å². The molecule has 0 bridgehead atoms. The molecule has 0 aliphatic heterocycles. The van der Waals surface area contributed by atoms with E-state index in [4.69, 9.17) is 0 Å². The van der Waals surface area contributed by atoms with Crippen molar-refractivity contribution in [2.75, 3.05) is 0 Å². The second kappa shape index (κ2) is 5.28. The van der Waals surface area contributed by atoms with Gasteiger partial charge >= 0.3 is 0 Å². The number of carbonyl (C=O) groups excluding carboxylic acids is 2. The van der Waals surface area contributed by atoms with Crippen molar-refractivity contribution in [1.29, 1.82) is 0 Å². The van der Waals surface area contributed by atoms with Crippen molar-refractivity contribution >= 4 is 11.6 Å². The number of ketones is 2. The monoisotopic (exact) mass is 344 g/mol. The lowest BCUT2D eigenvalue weighted by molar-refractivity contribution is -0.172. The predicted octanol–water partition coefficient (Wildman–Crippen LogP) is 4.08. The molecule has 0 aromatic heterocycles. The first-order valence-corrected chi connectivity index (χ1v) is 10.1. The van der Waals surface area contributed by atoms with E-state index in [1.807, 2.05) is 6.92 Å². The minimum absolute atomic E-state index is 0.117. The Labute approximate surface area is 151 Å². The van der Waals surface area contributed by atoms with Crippen molar-refractivity contribution in [3.05, 3.63) is 12.2 Å². The summed E-state index contributed by atoms with van der Waals surface area (Å²) in [5.41, 5.74) is -1.44. The van der Waals surface area contributed by atoms with Gasteiger partial charge < -0.3 is 5.11 Å². The number of aliphatic hydroxyl groups is 1. The minimum atomic E-state index is -1.53. The summed E-state index contributed by atoms with van der Waals surface area (Å²) >= 11 is 0. The fourth-order valence-corrected chi connectivity index (χ4v) is 7.72. The molecule has 4 aliphatic carbocycles. The van der Waals surface area contributed by atoms with Crippen LogP contribution in [-0.2, 0) is 9.59 Å². The van der Waals surface area contributed by atoms with Gasteiger partial charge in [-0.25, -0.2) is 0 Å². The third kappa shape index (κ3) is 1.97. The van der Waals surface area contributed by atoms with Crippen molar-refractivity contribution in [1.82, 2.24) is 0 Å². The Bertz CT molecular complexity index is 652. The van der Waals surface area contributed by atoms with E-state index in [2.05, 4.69) is 13.5 Å². The first kappa shape index (κ1) is 17.5. The van der Waals surface area contributed by atoms with E-state index in [0.717, 1.165) is 12.8 Å². The maximum Gasteiger partial charge on any atom is 0.166 e. The largest absolute Gasteiger partial charge is 0.377 e. The van der Waals surface area contributed by atoms with Gasteiger partial charge in [-0.15, -0.1) is 0 Å². The summed E-state index contributed by atoms with van der Waals surface area (Å²) in [7, 11) is 0. The summed E-state index contributed by atoms with van der Waals surface area (Å²) in [4.78, 5) is 25.8. The van der Waals surface area contributed by atoms with Gasteiger partial charge in [-0.3, -0.25) is 9.59 Å². The van der Waals surface area contributed by atoms with Crippen molar-refractivity contribution in [2.24, 2.45) is 34.5 Å². The number of hydrogen-bond acceptors (Lipinski definition) is 3. The molecule has 0 aromatic carbocycles. The van der Waals surface area contributed by atoms with Crippen LogP contribution in [0.4, 0.5) is 0 Å². The Kier molecular flexibility index (Phi) is 3.69. The molecule has 1 N–H and O–H groups in total. The molecule has 3 heteroatoms. The lowest BCUT2D eigenvalue weighted by Gasteiger charge is -2.59. The Morgan fingerprint density at radius 1 is 1.20 bits per heavy atom. The first-order valence-electron chi connectivity index (χ1n) is 10.1. The molecule has 0 heterocycles. The second-order valence-electron chi connectivity index (χ2n) is 9.91. The smallest absolute Gasteiger partial charge is 0.166 e. The van der Waals surface area contributed by atoms with Gasteiger partial charge in [-0.05, 0) is 67.8 Å². The van der Waals surface area contributed by atoms with Gasteiger partial charge in [0.25, 0.3) is 0 Å². The molecule has 0 saturated heterocycles. The number of rotatable bonds is 1. The minimum Gasteiger partial charge on any atom is -0.377 e. The van der Waals surface area contributed by atoms with Gasteiger partial charge in [-0.1, -0.05) is 33.3 Å². The summed E-state index contributed by atoms with van der Waals surface area (Å²) in [6.07, 6.45) is 8.24. The quantitative estimate of drug-likeness (QED) is 0.729. The van der Waals surface area contributed by atoms with Crippen molar-refractivity contribution < 1.29 is 14.7 Å². The van der Waals surface area contributed by atoms with Crippen LogP contribution in [0.3, 0.4) is 0 Å². The van der Waals surface area contributed by atoms with E-state index in [-0.39, 0.29) is 23.0 Å². The van der Waals surface area contributed by atoms with Gasteiger partial charge in [0, 0.05) is 17.8 Å². The molecule has 0 radical (unpaired) electrons. The Morgan fingerprint density at radius 3 is 2.60 bits per heavy atom. The molecular weight excluding hydrogens is 312 g/mol. The van der Waals surface area contributed by atoms with Gasteiger partial charge in [0.05, 0.1) is 0 Å². The van der Waals surface area contributed by atoms with Crippen LogP contribution < -0.4 is 0 Å². The van der Waals surface area contributed by atoms with Crippen molar-refractivity contribution in [3.8, 4) is 0 Å². The summed E-state index contributed by atoms with van der Waals surface area (Å²) in [5.74, 6) is 1.35. The third-order valence-corrected chi connectivity index (χ3v) is 8.98. The van der Waals surface area contributed by atoms with E-state index < -0.39 is 11.0 Å².